The maximum atomic E-state index is 5.08. The van der Waals surface area contributed by atoms with Gasteiger partial charge in [0.1, 0.15) is 0 Å². The second-order valence-corrected chi connectivity index (χ2v) is 1.77. The number of rotatable bonds is 0. The fraction of sp³-hybridized carbons (Fsp3) is 0.500. The van der Waals surface area contributed by atoms with Crippen LogP contribution in [0.5, 0.6) is 0 Å². The first-order valence-electron chi connectivity index (χ1n) is 2.58. The van der Waals surface area contributed by atoms with Gasteiger partial charge in [0.15, 0.2) is 0 Å². The molecule has 0 radical (unpaired) electrons. The van der Waals surface area contributed by atoms with Crippen LogP contribution in [0.4, 0.5) is 0 Å². The minimum atomic E-state index is 1.22. The monoisotopic (exact) mass is 95.1 g/mol. The van der Waals surface area contributed by atoms with Crippen molar-refractivity contribution in [1.82, 2.24) is 0 Å². The van der Waals surface area contributed by atoms with Gasteiger partial charge in [-0.1, -0.05) is 0 Å². The van der Waals surface area contributed by atoms with Crippen LogP contribution in [-0.4, -0.2) is 0 Å². The highest BCUT2D eigenvalue weighted by Crippen LogP contribution is 2.23. The first-order valence-corrected chi connectivity index (χ1v) is 2.58. The molecular weight excluding hydrogens is 86.1 g/mol. The van der Waals surface area contributed by atoms with E-state index in [-0.39, 0.29) is 0 Å². The highest BCUT2D eigenvalue weighted by Gasteiger charge is 2.05. The third-order valence-corrected chi connectivity index (χ3v) is 1.24. The van der Waals surface area contributed by atoms with Crippen molar-refractivity contribution in [2.45, 2.75) is 19.3 Å². The van der Waals surface area contributed by atoms with E-state index in [0.29, 0.717) is 0 Å². The van der Waals surface area contributed by atoms with Crippen LogP contribution in [0.25, 0.3) is 0 Å². The van der Waals surface area contributed by atoms with E-state index < -0.39 is 0 Å². The Balaban J connectivity index is 2.53. The van der Waals surface area contributed by atoms with Crippen LogP contribution >= 0.6 is 0 Å². The van der Waals surface area contributed by atoms with Crippen LogP contribution in [0.15, 0.2) is 17.5 Å². The first-order chi connectivity index (χ1) is 3.43. The van der Waals surface area contributed by atoms with E-state index >= 15 is 0 Å². The summed E-state index contributed by atoms with van der Waals surface area (Å²) in [6.07, 6.45) is 5.26. The van der Waals surface area contributed by atoms with E-state index in [1.54, 1.807) is 0 Å². The lowest BCUT2D eigenvalue weighted by Crippen LogP contribution is -1.94. The Morgan fingerprint density at radius 3 is 2.43 bits per heavy atom. The van der Waals surface area contributed by atoms with Crippen molar-refractivity contribution in [1.29, 1.82) is 0 Å². The van der Waals surface area contributed by atoms with Gasteiger partial charge in [-0.2, -0.15) is 0 Å². The molecule has 1 aliphatic rings. The average molecular weight is 95.1 g/mol. The summed E-state index contributed by atoms with van der Waals surface area (Å²) in [7, 11) is 0. The van der Waals surface area contributed by atoms with Gasteiger partial charge >= 0.3 is 0 Å². The predicted molar refractivity (Wildman–Crippen MR) is 29.6 cm³/mol. The van der Waals surface area contributed by atoms with Crippen LogP contribution in [0.3, 0.4) is 0 Å². The zero-order valence-corrected chi connectivity index (χ0v) is 4.28. The molecular formula is C6H9N. The molecule has 0 spiro atoms. The van der Waals surface area contributed by atoms with E-state index in [0.717, 1.165) is 0 Å². The molecule has 0 unspecified atom stereocenters. The molecule has 1 aliphatic carbocycles. The van der Waals surface area contributed by atoms with Crippen molar-refractivity contribution >= 4 is 0 Å². The van der Waals surface area contributed by atoms with Gasteiger partial charge in [0.2, 0.25) is 0 Å². The van der Waals surface area contributed by atoms with Crippen LogP contribution < -0.4 is 5.73 Å². The lowest BCUT2D eigenvalue weighted by Gasteiger charge is -2.11. The van der Waals surface area contributed by atoms with Crippen LogP contribution in [-0.2, 0) is 0 Å². The van der Waals surface area contributed by atoms with E-state index in [4.69, 9.17) is 5.73 Å². The standard InChI is InChI=1S/C6H9N/c7-5-4-6-2-1-3-6/h5H,1-3,7H2. The molecule has 1 nitrogen and oxygen atoms in total. The Morgan fingerprint density at radius 2 is 2.29 bits per heavy atom. The molecule has 0 atom stereocenters. The molecule has 7 heavy (non-hydrogen) atoms. The molecule has 1 rings (SSSR count). The molecule has 38 valence electrons. The number of hydrogen-bond acceptors (Lipinski definition) is 1. The Hall–Kier alpha value is -0.680. The summed E-state index contributed by atoms with van der Waals surface area (Å²) in [5.74, 6) is 0. The molecule has 2 N–H and O–H groups in total. The van der Waals surface area contributed by atoms with E-state index in [1.165, 1.54) is 31.0 Å². The summed E-state index contributed by atoms with van der Waals surface area (Å²) in [4.78, 5) is 0. The third-order valence-electron chi connectivity index (χ3n) is 1.24. The SMILES string of the molecule is NC=C=C1CCC1. The van der Waals surface area contributed by atoms with Crippen LogP contribution in [0, 0.1) is 0 Å². The highest BCUT2D eigenvalue weighted by molar-refractivity contribution is 5.07. The summed E-state index contributed by atoms with van der Waals surface area (Å²) >= 11 is 0. The summed E-state index contributed by atoms with van der Waals surface area (Å²) < 4.78 is 0. The van der Waals surface area contributed by atoms with Gasteiger partial charge in [0.25, 0.3) is 0 Å². The summed E-state index contributed by atoms with van der Waals surface area (Å²) in [5, 5.41) is 0. The number of hydrogen-bond donors (Lipinski definition) is 1. The molecule has 0 amide bonds. The molecule has 0 aromatic rings. The molecule has 1 fully saturated rings. The molecule has 1 heteroatoms. The topological polar surface area (TPSA) is 26.0 Å². The van der Waals surface area contributed by atoms with Crippen molar-refractivity contribution < 1.29 is 0 Å². The van der Waals surface area contributed by atoms with Gasteiger partial charge in [-0.3, -0.25) is 0 Å². The Morgan fingerprint density at radius 1 is 1.57 bits per heavy atom. The van der Waals surface area contributed by atoms with Crippen molar-refractivity contribution in [3.05, 3.63) is 17.5 Å². The van der Waals surface area contributed by atoms with Gasteiger partial charge in [-0.25, -0.2) is 0 Å². The van der Waals surface area contributed by atoms with E-state index in [9.17, 15) is 0 Å². The average Bonchev–Trinajstić information content (AvgIpc) is 1.55. The summed E-state index contributed by atoms with van der Waals surface area (Å²) in [5.41, 5.74) is 9.41. The fourth-order valence-corrected chi connectivity index (χ4v) is 0.616. The first kappa shape index (κ1) is 4.48. The zero-order valence-electron chi connectivity index (χ0n) is 4.28. The van der Waals surface area contributed by atoms with Gasteiger partial charge < -0.3 is 5.73 Å². The smallest absolute Gasteiger partial charge is 0.0371 e. The Labute approximate surface area is 43.5 Å². The summed E-state index contributed by atoms with van der Waals surface area (Å²) in [6, 6.07) is 0. The van der Waals surface area contributed by atoms with E-state index in [2.05, 4.69) is 5.73 Å². The molecule has 0 aliphatic heterocycles. The van der Waals surface area contributed by atoms with E-state index in [1.807, 2.05) is 0 Å². The Bertz CT molecular complexity index is 112. The van der Waals surface area contributed by atoms with Gasteiger partial charge in [-0.15, -0.1) is 5.73 Å². The minimum Gasteiger partial charge on any atom is -0.398 e. The normalized spacial score (nSPS) is 17.4. The van der Waals surface area contributed by atoms with Crippen molar-refractivity contribution in [2.24, 2.45) is 5.73 Å². The number of allylic oxidation sites excluding steroid dienone is 1. The minimum absolute atomic E-state index is 1.22. The molecule has 0 bridgehead atoms. The van der Waals surface area contributed by atoms with Gasteiger partial charge in [0.05, 0.1) is 0 Å². The lowest BCUT2D eigenvalue weighted by atomic mass is 9.94. The highest BCUT2D eigenvalue weighted by atomic mass is 14.5. The Kier molecular flexibility index (Phi) is 1.19. The largest absolute Gasteiger partial charge is 0.398 e. The van der Waals surface area contributed by atoms with Crippen LogP contribution in [0.1, 0.15) is 19.3 Å². The second-order valence-electron chi connectivity index (χ2n) is 1.77. The van der Waals surface area contributed by atoms with Crippen molar-refractivity contribution in [3.63, 3.8) is 0 Å². The fourth-order valence-electron chi connectivity index (χ4n) is 0.616. The third kappa shape index (κ3) is 0.847. The quantitative estimate of drug-likeness (QED) is 0.449. The second kappa shape index (κ2) is 1.85. The molecule has 0 saturated heterocycles. The van der Waals surface area contributed by atoms with Gasteiger partial charge in [0, 0.05) is 6.20 Å². The van der Waals surface area contributed by atoms with Crippen LogP contribution in [0.2, 0.25) is 0 Å². The molecule has 0 aromatic heterocycles. The van der Waals surface area contributed by atoms with Crippen molar-refractivity contribution in [2.75, 3.05) is 0 Å². The lowest BCUT2D eigenvalue weighted by molar-refractivity contribution is 0.665. The van der Waals surface area contributed by atoms with Gasteiger partial charge in [-0.05, 0) is 24.8 Å². The number of nitrogens with two attached hydrogens (primary N) is 1. The molecule has 0 heterocycles. The maximum Gasteiger partial charge on any atom is 0.0371 e. The predicted octanol–water partition coefficient (Wildman–Crippen LogP) is 1.17. The zero-order chi connectivity index (χ0) is 5.11. The molecule has 1 saturated carbocycles. The van der Waals surface area contributed by atoms with Crippen molar-refractivity contribution in [3.8, 4) is 0 Å². The summed E-state index contributed by atoms with van der Waals surface area (Å²) in [6.45, 7) is 0. The molecule has 0 aromatic carbocycles. The maximum absolute atomic E-state index is 5.08.